The average molecular weight is 242 g/mol. The Kier molecular flexibility index (Phi) is 2.77. The van der Waals surface area contributed by atoms with E-state index in [2.05, 4.69) is 40.6 Å². The minimum atomic E-state index is 0.402. The van der Waals surface area contributed by atoms with Crippen LogP contribution in [0.2, 0.25) is 0 Å². The molecule has 3 heteroatoms. The minimum Gasteiger partial charge on any atom is -0.376 e. The largest absolute Gasteiger partial charge is 0.376 e. The first-order valence-electron chi connectivity index (χ1n) is 5.74. The lowest BCUT2D eigenvalue weighted by Crippen LogP contribution is -2.10. The fraction of sp³-hybridized carbons (Fsp3) is 0.214. The topological polar surface area (TPSA) is 24.9 Å². The highest BCUT2D eigenvalue weighted by atomic mass is 32.2. The number of hydrogen-bond donors (Lipinski definition) is 1. The molecule has 1 aromatic heterocycles. The summed E-state index contributed by atoms with van der Waals surface area (Å²) in [7, 11) is 0. The summed E-state index contributed by atoms with van der Waals surface area (Å²) in [6, 6.07) is 13.1. The molecule has 0 radical (unpaired) electrons. The van der Waals surface area contributed by atoms with Crippen LogP contribution in [0.25, 0.3) is 0 Å². The minimum absolute atomic E-state index is 0.402. The number of pyridine rings is 1. The van der Waals surface area contributed by atoms with Crippen LogP contribution >= 0.6 is 11.8 Å². The van der Waals surface area contributed by atoms with E-state index in [0.717, 1.165) is 17.1 Å². The van der Waals surface area contributed by atoms with Crippen molar-refractivity contribution < 1.29 is 0 Å². The zero-order valence-corrected chi connectivity index (χ0v) is 10.5. The van der Waals surface area contributed by atoms with Crippen molar-refractivity contribution in [1.82, 2.24) is 4.98 Å². The summed E-state index contributed by atoms with van der Waals surface area (Å²) >= 11 is 1.92. The molecule has 0 saturated carbocycles. The normalized spacial score (nSPS) is 17.8. The van der Waals surface area contributed by atoms with Crippen molar-refractivity contribution in [3.63, 3.8) is 0 Å². The van der Waals surface area contributed by atoms with Crippen molar-refractivity contribution in [1.29, 1.82) is 0 Å². The van der Waals surface area contributed by atoms with E-state index in [-0.39, 0.29) is 0 Å². The molecule has 86 valence electrons. The number of rotatable bonds is 2. The number of hydrogen-bond acceptors (Lipinski definition) is 3. The highest BCUT2D eigenvalue weighted by Gasteiger charge is 2.22. The molecule has 1 atom stereocenters. The summed E-state index contributed by atoms with van der Waals surface area (Å²) in [6.07, 6.45) is 1.83. The second-order valence-corrected chi connectivity index (χ2v) is 5.24. The van der Waals surface area contributed by atoms with Gasteiger partial charge >= 0.3 is 0 Å². The van der Waals surface area contributed by atoms with Crippen molar-refractivity contribution >= 4 is 17.4 Å². The Balaban J connectivity index is 1.87. The Morgan fingerprint density at radius 2 is 2.12 bits per heavy atom. The van der Waals surface area contributed by atoms with Crippen molar-refractivity contribution in [2.24, 2.45) is 0 Å². The van der Waals surface area contributed by atoms with Crippen molar-refractivity contribution in [3.05, 3.63) is 53.9 Å². The summed E-state index contributed by atoms with van der Waals surface area (Å²) in [5.74, 6) is 1.09. The number of anilines is 1. The molecule has 0 amide bonds. The van der Waals surface area contributed by atoms with Crippen molar-refractivity contribution in [2.45, 2.75) is 17.9 Å². The molecule has 0 saturated heterocycles. The van der Waals surface area contributed by atoms with Crippen LogP contribution < -0.4 is 5.32 Å². The van der Waals surface area contributed by atoms with Crippen LogP contribution in [-0.4, -0.2) is 10.7 Å². The molecule has 2 heterocycles. The number of nitrogens with zero attached hydrogens (tertiary/aromatic N) is 1. The van der Waals surface area contributed by atoms with Gasteiger partial charge < -0.3 is 5.32 Å². The van der Waals surface area contributed by atoms with Gasteiger partial charge in [-0.15, -0.1) is 11.8 Å². The van der Waals surface area contributed by atoms with Crippen LogP contribution in [0.5, 0.6) is 0 Å². The van der Waals surface area contributed by atoms with Gasteiger partial charge in [0, 0.05) is 16.8 Å². The molecule has 1 aromatic carbocycles. The van der Waals surface area contributed by atoms with Gasteiger partial charge in [-0.25, -0.2) is 0 Å². The molecule has 1 aliphatic rings. The molecule has 2 aromatic rings. The summed E-state index contributed by atoms with van der Waals surface area (Å²) in [5.41, 5.74) is 3.59. The fourth-order valence-corrected chi connectivity index (χ4v) is 3.27. The van der Waals surface area contributed by atoms with Crippen LogP contribution in [0, 0.1) is 6.92 Å². The first-order valence-corrected chi connectivity index (χ1v) is 6.73. The van der Waals surface area contributed by atoms with Crippen molar-refractivity contribution in [3.8, 4) is 0 Å². The molecule has 0 bridgehead atoms. The lowest BCUT2D eigenvalue weighted by molar-refractivity contribution is 0.894. The molecule has 0 spiro atoms. The molecule has 1 unspecified atom stereocenters. The highest BCUT2D eigenvalue weighted by molar-refractivity contribution is 7.99. The Morgan fingerprint density at radius 1 is 1.24 bits per heavy atom. The summed E-state index contributed by atoms with van der Waals surface area (Å²) < 4.78 is 0. The lowest BCUT2D eigenvalue weighted by atomic mass is 10.1. The maximum absolute atomic E-state index is 4.31. The summed E-state index contributed by atoms with van der Waals surface area (Å²) in [6.45, 7) is 2.04. The van der Waals surface area contributed by atoms with Crippen LogP contribution in [0.15, 0.2) is 47.5 Å². The predicted molar refractivity (Wildman–Crippen MR) is 72.5 cm³/mol. The number of thioether (sulfide) groups is 1. The van der Waals surface area contributed by atoms with Crippen LogP contribution in [-0.2, 0) is 0 Å². The first-order chi connectivity index (χ1) is 8.34. The van der Waals surface area contributed by atoms with Gasteiger partial charge in [0.2, 0.25) is 0 Å². The molecule has 1 N–H and O–H groups in total. The highest BCUT2D eigenvalue weighted by Crippen LogP contribution is 2.39. The van der Waals surface area contributed by atoms with E-state index in [0.29, 0.717) is 6.04 Å². The molecular weight excluding hydrogens is 228 g/mol. The fourth-order valence-electron chi connectivity index (χ4n) is 2.11. The Hall–Kier alpha value is -1.48. The van der Waals surface area contributed by atoms with E-state index >= 15 is 0 Å². The van der Waals surface area contributed by atoms with E-state index in [1.54, 1.807) is 0 Å². The predicted octanol–water partition coefficient (Wildman–Crippen LogP) is 3.65. The molecular formula is C14H14N2S. The first kappa shape index (κ1) is 10.7. The Labute approximate surface area is 105 Å². The van der Waals surface area contributed by atoms with E-state index in [4.69, 9.17) is 0 Å². The van der Waals surface area contributed by atoms with Gasteiger partial charge in [-0.05, 0) is 30.7 Å². The molecule has 0 fully saturated rings. The van der Waals surface area contributed by atoms with E-state index in [9.17, 15) is 0 Å². The Bertz CT molecular complexity index is 539. The molecule has 0 aliphatic carbocycles. The zero-order valence-electron chi connectivity index (χ0n) is 9.68. The molecule has 2 nitrogen and oxygen atoms in total. The zero-order chi connectivity index (χ0) is 11.7. The van der Waals surface area contributed by atoms with Gasteiger partial charge in [-0.2, -0.15) is 0 Å². The molecule has 1 aliphatic heterocycles. The standard InChI is InChI=1S/C14H14N2S/c1-10-12(6-4-8-15-10)16-13-9-17-14-7-3-2-5-11(13)14/h2-8,13,16H,9H2,1H3. The van der Waals surface area contributed by atoms with Crippen LogP contribution in [0.3, 0.4) is 0 Å². The third-order valence-corrected chi connectivity index (χ3v) is 4.22. The van der Waals surface area contributed by atoms with E-state index in [1.165, 1.54) is 10.5 Å². The van der Waals surface area contributed by atoms with Crippen LogP contribution in [0.4, 0.5) is 5.69 Å². The maximum atomic E-state index is 4.31. The van der Waals surface area contributed by atoms with Gasteiger partial charge in [0.15, 0.2) is 0 Å². The van der Waals surface area contributed by atoms with Gasteiger partial charge in [0.25, 0.3) is 0 Å². The van der Waals surface area contributed by atoms with Gasteiger partial charge in [-0.1, -0.05) is 18.2 Å². The Morgan fingerprint density at radius 3 is 3.00 bits per heavy atom. The monoisotopic (exact) mass is 242 g/mol. The maximum Gasteiger partial charge on any atom is 0.0619 e. The number of aryl methyl sites for hydroxylation is 1. The van der Waals surface area contributed by atoms with Crippen LogP contribution in [0.1, 0.15) is 17.3 Å². The molecule has 3 rings (SSSR count). The second-order valence-electron chi connectivity index (χ2n) is 4.18. The molecule has 17 heavy (non-hydrogen) atoms. The third-order valence-electron chi connectivity index (χ3n) is 3.04. The SMILES string of the molecule is Cc1ncccc1NC1CSc2ccccc21. The number of nitrogens with one attached hydrogen (secondary N) is 1. The van der Waals surface area contributed by atoms with Gasteiger partial charge in [-0.3, -0.25) is 4.98 Å². The lowest BCUT2D eigenvalue weighted by Gasteiger charge is -2.15. The van der Waals surface area contributed by atoms with E-state index < -0.39 is 0 Å². The quantitative estimate of drug-likeness (QED) is 0.870. The third kappa shape index (κ3) is 2.03. The number of benzene rings is 1. The van der Waals surface area contributed by atoms with Gasteiger partial charge in [0.1, 0.15) is 0 Å². The van der Waals surface area contributed by atoms with E-state index in [1.807, 2.05) is 30.9 Å². The summed E-state index contributed by atoms with van der Waals surface area (Å²) in [4.78, 5) is 5.70. The average Bonchev–Trinajstić information content (AvgIpc) is 2.76. The van der Waals surface area contributed by atoms with Gasteiger partial charge in [0.05, 0.1) is 17.4 Å². The number of fused-ring (bicyclic) bond motifs is 1. The van der Waals surface area contributed by atoms with Crippen molar-refractivity contribution in [2.75, 3.05) is 11.1 Å². The number of aromatic nitrogens is 1. The smallest absolute Gasteiger partial charge is 0.0619 e. The second kappa shape index (κ2) is 4.41. The summed E-state index contributed by atoms with van der Waals surface area (Å²) in [5, 5.41) is 3.58.